The quantitative estimate of drug-likeness (QED) is 0.646. The maximum atomic E-state index is 12.6. The summed E-state index contributed by atoms with van der Waals surface area (Å²) in [5.74, 6) is 0.850. The molecule has 1 aliphatic carbocycles. The molecule has 164 valence electrons. The highest BCUT2D eigenvalue weighted by Gasteiger charge is 2.31. The molecule has 3 aliphatic rings. The number of hydrogen-bond acceptors (Lipinski definition) is 7. The summed E-state index contributed by atoms with van der Waals surface area (Å²) in [5, 5.41) is 6.73. The van der Waals surface area contributed by atoms with Gasteiger partial charge in [0.05, 0.1) is 5.56 Å². The van der Waals surface area contributed by atoms with Crippen LogP contribution in [0.1, 0.15) is 61.7 Å². The summed E-state index contributed by atoms with van der Waals surface area (Å²) in [7, 11) is 0. The van der Waals surface area contributed by atoms with Crippen LogP contribution in [0.4, 0.5) is 11.8 Å². The third kappa shape index (κ3) is 5.00. The van der Waals surface area contributed by atoms with Crippen LogP contribution < -0.4 is 16.4 Å². The maximum absolute atomic E-state index is 12.6. The van der Waals surface area contributed by atoms with Crippen LogP contribution in [0.15, 0.2) is 6.20 Å². The van der Waals surface area contributed by atoms with Gasteiger partial charge in [-0.3, -0.25) is 9.59 Å². The van der Waals surface area contributed by atoms with Gasteiger partial charge in [0.15, 0.2) is 0 Å². The minimum atomic E-state index is -0.548. The van der Waals surface area contributed by atoms with E-state index in [0.717, 1.165) is 77.7 Å². The summed E-state index contributed by atoms with van der Waals surface area (Å²) in [4.78, 5) is 35.4. The van der Waals surface area contributed by atoms with Gasteiger partial charge in [-0.1, -0.05) is 0 Å². The van der Waals surface area contributed by atoms with Crippen molar-refractivity contribution in [3.63, 3.8) is 0 Å². The Balaban J connectivity index is 1.37. The van der Waals surface area contributed by atoms with Gasteiger partial charge in [0.25, 0.3) is 5.91 Å². The number of anilines is 2. The van der Waals surface area contributed by atoms with Crippen LogP contribution >= 0.6 is 0 Å². The predicted molar refractivity (Wildman–Crippen MR) is 113 cm³/mol. The van der Waals surface area contributed by atoms with Gasteiger partial charge in [0.2, 0.25) is 11.9 Å². The van der Waals surface area contributed by atoms with E-state index >= 15 is 0 Å². The van der Waals surface area contributed by atoms with Gasteiger partial charge in [0.1, 0.15) is 5.82 Å². The van der Waals surface area contributed by atoms with Crippen molar-refractivity contribution in [2.24, 2.45) is 11.7 Å². The first-order chi connectivity index (χ1) is 14.6. The van der Waals surface area contributed by atoms with Gasteiger partial charge in [-0.2, -0.15) is 4.98 Å². The van der Waals surface area contributed by atoms with Crippen LogP contribution in [0.25, 0.3) is 0 Å². The largest absolute Gasteiger partial charge is 0.381 e. The average molecular weight is 417 g/mol. The molecule has 0 unspecified atom stereocenters. The molecule has 9 heteroatoms. The highest BCUT2D eigenvalue weighted by Crippen LogP contribution is 2.29. The lowest BCUT2D eigenvalue weighted by atomic mass is 9.85. The van der Waals surface area contributed by atoms with Crippen LogP contribution in [0, 0.1) is 5.92 Å². The third-order valence-corrected chi connectivity index (χ3v) is 6.44. The van der Waals surface area contributed by atoms with E-state index in [1.165, 1.54) is 6.20 Å². The Morgan fingerprint density at radius 1 is 1.00 bits per heavy atom. The number of nitrogens with one attached hydrogen (secondary N) is 2. The number of carbonyl (C=O) groups excluding carboxylic acids is 2. The molecule has 2 aliphatic heterocycles. The molecule has 3 heterocycles. The fourth-order valence-electron chi connectivity index (χ4n) is 4.64. The number of carbonyl (C=O) groups is 2. The molecule has 0 aromatic carbocycles. The van der Waals surface area contributed by atoms with Crippen LogP contribution in [-0.4, -0.2) is 65.1 Å². The summed E-state index contributed by atoms with van der Waals surface area (Å²) in [6.07, 6.45) is 8.99. The first-order valence-electron chi connectivity index (χ1n) is 11.2. The summed E-state index contributed by atoms with van der Waals surface area (Å²) in [5.41, 5.74) is 5.83. The number of hydrogen-bond donors (Lipinski definition) is 3. The number of aromatic nitrogens is 2. The molecule has 0 spiro atoms. The zero-order valence-electron chi connectivity index (χ0n) is 17.4. The van der Waals surface area contributed by atoms with Crippen molar-refractivity contribution < 1.29 is 14.3 Å². The van der Waals surface area contributed by atoms with E-state index in [1.807, 2.05) is 4.90 Å². The molecule has 1 saturated carbocycles. The fourth-order valence-corrected chi connectivity index (χ4v) is 4.64. The standard InChI is InChI=1S/C21H32N6O3/c22-18(28)17-13-23-21(25-16-7-11-30-12-8-16)26-19(17)24-15-5-3-14(4-6-15)20(29)27-9-1-2-10-27/h13-16H,1-12H2,(H2,22,28)(H2,23,24,25,26)/t14-,15+. The van der Waals surface area contributed by atoms with E-state index < -0.39 is 5.91 Å². The summed E-state index contributed by atoms with van der Waals surface area (Å²) in [6.45, 7) is 3.26. The van der Waals surface area contributed by atoms with Crippen molar-refractivity contribution in [2.45, 2.75) is 63.5 Å². The molecule has 3 fully saturated rings. The molecule has 9 nitrogen and oxygen atoms in total. The number of ether oxygens (including phenoxy) is 1. The SMILES string of the molecule is NC(=O)c1cnc(NC2CCOCC2)nc1N[C@H]1CC[C@@H](C(=O)N2CCCC2)CC1. The Morgan fingerprint density at radius 3 is 2.33 bits per heavy atom. The molecule has 2 saturated heterocycles. The number of nitrogens with zero attached hydrogens (tertiary/aromatic N) is 3. The zero-order valence-corrected chi connectivity index (χ0v) is 17.4. The lowest BCUT2D eigenvalue weighted by Crippen LogP contribution is -2.38. The molecule has 2 amide bonds. The second kappa shape index (κ2) is 9.59. The van der Waals surface area contributed by atoms with Crippen molar-refractivity contribution in [2.75, 3.05) is 36.9 Å². The number of likely N-dealkylation sites (tertiary alicyclic amines) is 1. The van der Waals surface area contributed by atoms with E-state index in [4.69, 9.17) is 10.5 Å². The molecule has 4 rings (SSSR count). The minimum absolute atomic E-state index is 0.118. The van der Waals surface area contributed by atoms with Crippen LogP contribution in [0.5, 0.6) is 0 Å². The van der Waals surface area contributed by atoms with Crippen LogP contribution in [-0.2, 0) is 9.53 Å². The molecule has 0 radical (unpaired) electrons. The third-order valence-electron chi connectivity index (χ3n) is 6.44. The topological polar surface area (TPSA) is 122 Å². The second-order valence-electron chi connectivity index (χ2n) is 8.58. The van der Waals surface area contributed by atoms with Crippen LogP contribution in [0.2, 0.25) is 0 Å². The minimum Gasteiger partial charge on any atom is -0.381 e. The summed E-state index contributed by atoms with van der Waals surface area (Å²) in [6, 6.07) is 0.426. The van der Waals surface area contributed by atoms with Crippen molar-refractivity contribution in [3.05, 3.63) is 11.8 Å². The number of nitrogens with two attached hydrogens (primary N) is 1. The molecule has 0 bridgehead atoms. The Hall–Kier alpha value is -2.42. The van der Waals surface area contributed by atoms with Gasteiger partial charge >= 0.3 is 0 Å². The molecular formula is C21H32N6O3. The smallest absolute Gasteiger partial charge is 0.254 e. The number of primary amides is 1. The van der Waals surface area contributed by atoms with E-state index in [-0.39, 0.29) is 18.0 Å². The zero-order chi connectivity index (χ0) is 20.9. The predicted octanol–water partition coefficient (Wildman–Crippen LogP) is 1.76. The Morgan fingerprint density at radius 2 is 1.67 bits per heavy atom. The van der Waals surface area contributed by atoms with Gasteiger partial charge in [-0.25, -0.2) is 4.98 Å². The molecule has 30 heavy (non-hydrogen) atoms. The van der Waals surface area contributed by atoms with Crippen LogP contribution in [0.3, 0.4) is 0 Å². The highest BCUT2D eigenvalue weighted by atomic mass is 16.5. The highest BCUT2D eigenvalue weighted by molar-refractivity contribution is 5.97. The first kappa shape index (κ1) is 20.8. The molecular weight excluding hydrogens is 384 g/mol. The van der Waals surface area contributed by atoms with Crippen molar-refractivity contribution in [1.29, 1.82) is 0 Å². The monoisotopic (exact) mass is 416 g/mol. The van der Waals surface area contributed by atoms with Gasteiger partial charge in [0, 0.05) is 50.5 Å². The first-order valence-corrected chi connectivity index (χ1v) is 11.2. The lowest BCUT2D eigenvalue weighted by molar-refractivity contribution is -0.135. The maximum Gasteiger partial charge on any atom is 0.254 e. The second-order valence-corrected chi connectivity index (χ2v) is 8.58. The number of amides is 2. The lowest BCUT2D eigenvalue weighted by Gasteiger charge is -2.31. The Kier molecular flexibility index (Phi) is 6.66. The van der Waals surface area contributed by atoms with E-state index in [0.29, 0.717) is 23.2 Å². The molecule has 4 N–H and O–H groups in total. The molecule has 0 atom stereocenters. The van der Waals surface area contributed by atoms with E-state index in [9.17, 15) is 9.59 Å². The van der Waals surface area contributed by atoms with Gasteiger partial charge in [-0.05, 0) is 51.4 Å². The average Bonchev–Trinajstić information content (AvgIpc) is 3.29. The van der Waals surface area contributed by atoms with Gasteiger partial charge < -0.3 is 26.0 Å². The van der Waals surface area contributed by atoms with Gasteiger partial charge in [-0.15, -0.1) is 0 Å². The summed E-state index contributed by atoms with van der Waals surface area (Å²) < 4.78 is 5.39. The van der Waals surface area contributed by atoms with E-state index in [2.05, 4.69) is 20.6 Å². The fraction of sp³-hybridized carbons (Fsp3) is 0.714. The Bertz CT molecular complexity index is 753. The van der Waals surface area contributed by atoms with E-state index in [1.54, 1.807) is 0 Å². The normalized spacial score (nSPS) is 25.1. The van der Waals surface area contributed by atoms with Crippen molar-refractivity contribution >= 4 is 23.6 Å². The van der Waals surface area contributed by atoms with Crippen molar-refractivity contribution in [1.82, 2.24) is 14.9 Å². The molecule has 1 aromatic heterocycles. The summed E-state index contributed by atoms with van der Waals surface area (Å²) >= 11 is 0. The van der Waals surface area contributed by atoms with Crippen molar-refractivity contribution in [3.8, 4) is 0 Å². The molecule has 1 aromatic rings. The Labute approximate surface area is 177 Å². The number of rotatable bonds is 6.